The van der Waals surface area contributed by atoms with Gasteiger partial charge in [0, 0.05) is 45.2 Å². The van der Waals surface area contributed by atoms with Crippen LogP contribution in [-0.2, 0) is 6.54 Å². The lowest BCUT2D eigenvalue weighted by atomic mass is 9.96. The maximum atomic E-state index is 12.9. The van der Waals surface area contributed by atoms with E-state index in [0.29, 0.717) is 31.3 Å². The number of nitrogens with zero attached hydrogens (tertiary/aromatic N) is 4. The van der Waals surface area contributed by atoms with E-state index in [1.807, 2.05) is 30.0 Å². The van der Waals surface area contributed by atoms with Gasteiger partial charge in [0.15, 0.2) is 5.76 Å². The molecule has 2 aliphatic heterocycles. The number of likely N-dealkylation sites (N-methyl/N-ethyl adjacent to an activating group) is 1. The Morgan fingerprint density at radius 3 is 2.70 bits per heavy atom. The highest BCUT2D eigenvalue weighted by Gasteiger charge is 2.37. The third kappa shape index (κ3) is 5.31. The second-order valence-electron chi connectivity index (χ2n) is 8.37. The van der Waals surface area contributed by atoms with Crippen molar-refractivity contribution in [1.29, 1.82) is 0 Å². The predicted octanol–water partition coefficient (Wildman–Crippen LogP) is 0.659. The average Bonchev–Trinajstić information content (AvgIpc) is 3.19. The highest BCUT2D eigenvalue weighted by molar-refractivity contribution is 5.91. The van der Waals surface area contributed by atoms with E-state index in [4.69, 9.17) is 4.42 Å². The van der Waals surface area contributed by atoms with Crippen LogP contribution in [-0.4, -0.2) is 104 Å². The van der Waals surface area contributed by atoms with Gasteiger partial charge in [-0.15, -0.1) is 0 Å². The van der Waals surface area contributed by atoms with Crippen LogP contribution in [0.2, 0.25) is 0 Å². The number of amides is 1. The summed E-state index contributed by atoms with van der Waals surface area (Å²) in [6, 6.07) is 3.64. The van der Waals surface area contributed by atoms with E-state index >= 15 is 0 Å². The third-order valence-electron chi connectivity index (χ3n) is 5.75. The van der Waals surface area contributed by atoms with Gasteiger partial charge in [0.1, 0.15) is 5.76 Å². The molecule has 0 unspecified atom stereocenters. The summed E-state index contributed by atoms with van der Waals surface area (Å²) >= 11 is 0. The van der Waals surface area contributed by atoms with Crippen molar-refractivity contribution in [3.8, 4) is 0 Å². The topological polar surface area (TPSA) is 63.4 Å². The highest BCUT2D eigenvalue weighted by Crippen LogP contribution is 2.26. The van der Waals surface area contributed by atoms with Crippen LogP contribution in [0.1, 0.15) is 22.7 Å². The molecule has 2 saturated heterocycles. The first-order valence-electron chi connectivity index (χ1n) is 10.0. The number of aliphatic hydroxyl groups is 1. The van der Waals surface area contributed by atoms with Crippen molar-refractivity contribution in [2.75, 3.05) is 73.6 Å². The first-order chi connectivity index (χ1) is 13.0. The summed E-state index contributed by atoms with van der Waals surface area (Å²) in [5.74, 6) is 1.60. The van der Waals surface area contributed by atoms with E-state index in [1.165, 1.54) is 6.42 Å². The first kappa shape index (κ1) is 20.3. The summed E-state index contributed by atoms with van der Waals surface area (Å²) in [4.78, 5) is 21.6. The highest BCUT2D eigenvalue weighted by atomic mass is 16.4. The van der Waals surface area contributed by atoms with E-state index in [9.17, 15) is 9.90 Å². The quantitative estimate of drug-likeness (QED) is 0.785. The zero-order valence-electron chi connectivity index (χ0n) is 16.9. The second kappa shape index (κ2) is 9.19. The predicted molar refractivity (Wildman–Crippen MR) is 105 cm³/mol. The van der Waals surface area contributed by atoms with Crippen LogP contribution in [0.3, 0.4) is 0 Å². The van der Waals surface area contributed by atoms with E-state index in [0.717, 1.165) is 38.5 Å². The molecular weight excluding hydrogens is 344 g/mol. The van der Waals surface area contributed by atoms with Gasteiger partial charge < -0.3 is 29.1 Å². The summed E-state index contributed by atoms with van der Waals surface area (Å²) in [7, 11) is 6.12. The fourth-order valence-electron chi connectivity index (χ4n) is 4.18. The molecule has 0 aromatic carbocycles. The summed E-state index contributed by atoms with van der Waals surface area (Å²) in [6.07, 6.45) is 1.18. The van der Waals surface area contributed by atoms with Gasteiger partial charge in [-0.1, -0.05) is 0 Å². The summed E-state index contributed by atoms with van der Waals surface area (Å²) in [5.41, 5.74) is 0. The molecule has 7 nitrogen and oxygen atoms in total. The molecule has 0 bridgehead atoms. The number of hydrogen-bond acceptors (Lipinski definition) is 6. The van der Waals surface area contributed by atoms with Crippen LogP contribution in [0.25, 0.3) is 0 Å². The molecule has 1 aromatic rings. The lowest BCUT2D eigenvalue weighted by molar-refractivity contribution is 0.0744. The number of rotatable bonds is 6. The van der Waals surface area contributed by atoms with Crippen LogP contribution < -0.4 is 0 Å². The lowest BCUT2D eigenvalue weighted by Crippen LogP contribution is -2.36. The van der Waals surface area contributed by atoms with Crippen molar-refractivity contribution in [3.05, 3.63) is 23.7 Å². The van der Waals surface area contributed by atoms with Gasteiger partial charge in [-0.05, 0) is 58.7 Å². The van der Waals surface area contributed by atoms with Crippen LogP contribution in [0.4, 0.5) is 0 Å². The second-order valence-corrected chi connectivity index (χ2v) is 8.37. The standard InChI is InChI=1S/C20H34N4O3/c1-21(2)14-18-5-6-19(27-18)20(26)24-12-16(17(13-24)15-25)11-23-8-4-7-22(3)9-10-23/h5-6,16-17,25H,4,7-15H2,1-3H3/t16-,17-/m0/s1. The minimum absolute atomic E-state index is 0.0587. The molecule has 1 aromatic heterocycles. The summed E-state index contributed by atoms with van der Waals surface area (Å²) in [5, 5.41) is 9.84. The maximum absolute atomic E-state index is 12.9. The molecule has 152 valence electrons. The molecule has 0 saturated carbocycles. The van der Waals surface area contributed by atoms with Gasteiger partial charge >= 0.3 is 0 Å². The van der Waals surface area contributed by atoms with E-state index < -0.39 is 0 Å². The van der Waals surface area contributed by atoms with Crippen molar-refractivity contribution in [1.82, 2.24) is 19.6 Å². The number of aliphatic hydroxyl groups excluding tert-OH is 1. The molecule has 1 amide bonds. The van der Waals surface area contributed by atoms with Crippen molar-refractivity contribution >= 4 is 5.91 Å². The molecule has 7 heteroatoms. The number of furan rings is 1. The Bertz CT molecular complexity index is 618. The molecular formula is C20H34N4O3. The molecule has 3 rings (SSSR count). The van der Waals surface area contributed by atoms with Crippen LogP contribution in [0, 0.1) is 11.8 Å². The lowest BCUT2D eigenvalue weighted by Gasteiger charge is -2.26. The number of hydrogen-bond donors (Lipinski definition) is 1. The van der Waals surface area contributed by atoms with Gasteiger partial charge in [-0.25, -0.2) is 0 Å². The molecule has 0 spiro atoms. The first-order valence-corrected chi connectivity index (χ1v) is 10.0. The monoisotopic (exact) mass is 378 g/mol. The molecule has 0 aliphatic carbocycles. The molecule has 27 heavy (non-hydrogen) atoms. The number of likely N-dealkylation sites (tertiary alicyclic amines) is 1. The van der Waals surface area contributed by atoms with Gasteiger partial charge in [0.25, 0.3) is 5.91 Å². The largest absolute Gasteiger partial charge is 0.455 e. The number of carbonyl (C=O) groups is 1. The van der Waals surface area contributed by atoms with Crippen molar-refractivity contribution in [2.24, 2.45) is 11.8 Å². The Hall–Kier alpha value is -1.41. The fraction of sp³-hybridized carbons (Fsp3) is 0.750. The van der Waals surface area contributed by atoms with Gasteiger partial charge in [-0.2, -0.15) is 0 Å². The van der Waals surface area contributed by atoms with Crippen LogP contribution in [0.15, 0.2) is 16.5 Å². The molecule has 2 fully saturated rings. The Balaban J connectivity index is 1.59. The molecule has 0 radical (unpaired) electrons. The van der Waals surface area contributed by atoms with Crippen molar-refractivity contribution in [2.45, 2.75) is 13.0 Å². The van der Waals surface area contributed by atoms with Gasteiger partial charge in [-0.3, -0.25) is 4.79 Å². The zero-order valence-corrected chi connectivity index (χ0v) is 16.9. The Morgan fingerprint density at radius 1 is 1.19 bits per heavy atom. The van der Waals surface area contributed by atoms with Crippen molar-refractivity contribution in [3.63, 3.8) is 0 Å². The molecule has 1 N–H and O–H groups in total. The van der Waals surface area contributed by atoms with Gasteiger partial charge in [0.05, 0.1) is 6.54 Å². The Kier molecular flexibility index (Phi) is 6.92. The minimum Gasteiger partial charge on any atom is -0.455 e. The smallest absolute Gasteiger partial charge is 0.289 e. The normalized spacial score (nSPS) is 25.3. The van der Waals surface area contributed by atoms with Crippen LogP contribution in [0.5, 0.6) is 0 Å². The minimum atomic E-state index is -0.0587. The SMILES string of the molecule is CN(C)Cc1ccc(C(=O)N2C[C@@H](CO)[C@@H](CN3CCCN(C)CC3)C2)o1. The fourth-order valence-corrected chi connectivity index (χ4v) is 4.18. The summed E-state index contributed by atoms with van der Waals surface area (Å²) < 4.78 is 5.74. The zero-order chi connectivity index (χ0) is 19.4. The average molecular weight is 379 g/mol. The van der Waals surface area contributed by atoms with E-state index in [2.05, 4.69) is 16.8 Å². The van der Waals surface area contributed by atoms with E-state index in [1.54, 1.807) is 6.07 Å². The van der Waals surface area contributed by atoms with Crippen LogP contribution >= 0.6 is 0 Å². The Labute approximate surface area is 162 Å². The number of carbonyl (C=O) groups excluding carboxylic acids is 1. The van der Waals surface area contributed by atoms with E-state index in [-0.39, 0.29) is 18.4 Å². The Morgan fingerprint density at radius 2 is 1.96 bits per heavy atom. The molecule has 2 atom stereocenters. The molecule has 2 aliphatic rings. The van der Waals surface area contributed by atoms with Gasteiger partial charge in [0.2, 0.25) is 0 Å². The maximum Gasteiger partial charge on any atom is 0.289 e. The van der Waals surface area contributed by atoms with Crippen molar-refractivity contribution < 1.29 is 14.3 Å². The summed E-state index contributed by atoms with van der Waals surface area (Å²) in [6.45, 7) is 7.45. The molecule has 3 heterocycles. The third-order valence-corrected chi connectivity index (χ3v) is 5.75.